The molecule has 0 radical (unpaired) electrons. The zero-order chi connectivity index (χ0) is 14.5. The van der Waals surface area contributed by atoms with Crippen molar-refractivity contribution in [3.8, 4) is 11.5 Å². The fourth-order valence-corrected chi connectivity index (χ4v) is 2.22. The number of benzene rings is 1. The van der Waals surface area contributed by atoms with Gasteiger partial charge in [0, 0.05) is 19.2 Å². The van der Waals surface area contributed by atoms with Gasteiger partial charge in [-0.25, -0.2) is 0 Å². The highest BCUT2D eigenvalue weighted by Gasteiger charge is 2.19. The molecule has 5 heteroatoms. The second-order valence-electron chi connectivity index (χ2n) is 4.50. The third-order valence-corrected chi connectivity index (χ3v) is 3.24. The van der Waals surface area contributed by atoms with Crippen LogP contribution in [0, 0.1) is 0 Å². The first-order chi connectivity index (χ1) is 9.69. The lowest BCUT2D eigenvalue weighted by Crippen LogP contribution is -2.06. The van der Waals surface area contributed by atoms with Crippen LogP contribution in [0.3, 0.4) is 0 Å². The summed E-state index contributed by atoms with van der Waals surface area (Å²) < 4.78 is 12.5. The van der Waals surface area contributed by atoms with Crippen LogP contribution in [0.15, 0.2) is 30.6 Å². The summed E-state index contributed by atoms with van der Waals surface area (Å²) in [4.78, 5) is 0. The monoisotopic (exact) mass is 276 g/mol. The first-order valence-electron chi connectivity index (χ1n) is 6.59. The van der Waals surface area contributed by atoms with E-state index in [1.54, 1.807) is 20.4 Å². The van der Waals surface area contributed by atoms with Crippen LogP contribution in [-0.2, 0) is 13.0 Å². The summed E-state index contributed by atoms with van der Waals surface area (Å²) in [6.07, 6.45) is 3.48. The van der Waals surface area contributed by atoms with Gasteiger partial charge in [-0.05, 0) is 24.6 Å². The zero-order valence-electron chi connectivity index (χ0n) is 12.0. The molecule has 20 heavy (non-hydrogen) atoms. The number of aryl methyl sites for hydroxylation is 1. The molecular weight excluding hydrogens is 256 g/mol. The molecule has 0 amide bonds. The van der Waals surface area contributed by atoms with Crippen LogP contribution < -0.4 is 9.47 Å². The van der Waals surface area contributed by atoms with Crippen molar-refractivity contribution < 1.29 is 14.6 Å². The average molecular weight is 276 g/mol. The van der Waals surface area contributed by atoms with E-state index in [0.29, 0.717) is 23.5 Å². The molecule has 0 spiro atoms. The Bertz CT molecular complexity index is 544. The number of hydrogen-bond donors (Lipinski definition) is 1. The van der Waals surface area contributed by atoms with Gasteiger partial charge in [0.25, 0.3) is 0 Å². The Labute approximate surface area is 118 Å². The Morgan fingerprint density at radius 1 is 1.25 bits per heavy atom. The first-order valence-corrected chi connectivity index (χ1v) is 6.59. The number of hydrogen-bond acceptors (Lipinski definition) is 4. The van der Waals surface area contributed by atoms with E-state index >= 15 is 0 Å². The molecule has 1 N–H and O–H groups in total. The van der Waals surface area contributed by atoms with Crippen molar-refractivity contribution in [2.75, 3.05) is 14.2 Å². The third kappa shape index (κ3) is 2.93. The number of aliphatic hydroxyl groups excluding tert-OH is 1. The van der Waals surface area contributed by atoms with E-state index in [9.17, 15) is 5.11 Å². The predicted molar refractivity (Wildman–Crippen MR) is 76.1 cm³/mol. The summed E-state index contributed by atoms with van der Waals surface area (Å²) in [5.41, 5.74) is 1.65. The highest BCUT2D eigenvalue weighted by atomic mass is 16.5. The van der Waals surface area contributed by atoms with Crippen LogP contribution in [0.4, 0.5) is 0 Å². The van der Waals surface area contributed by atoms with Crippen LogP contribution in [0.25, 0.3) is 0 Å². The summed E-state index contributed by atoms with van der Waals surface area (Å²) in [6.45, 7) is 2.84. The van der Waals surface area contributed by atoms with Crippen molar-refractivity contribution in [1.82, 2.24) is 9.78 Å². The van der Waals surface area contributed by atoms with E-state index in [0.717, 1.165) is 12.1 Å². The SMILES string of the molecule is CCn1cc(CC(O)c2c(OC)cccc2OC)cn1. The van der Waals surface area contributed by atoms with Gasteiger partial charge in [-0.2, -0.15) is 5.10 Å². The summed E-state index contributed by atoms with van der Waals surface area (Å²) in [7, 11) is 3.17. The minimum Gasteiger partial charge on any atom is -0.496 e. The van der Waals surface area contributed by atoms with Gasteiger partial charge in [0.15, 0.2) is 0 Å². The molecule has 0 aliphatic rings. The van der Waals surface area contributed by atoms with Crippen LogP contribution in [-0.4, -0.2) is 29.1 Å². The molecule has 0 aliphatic carbocycles. The fraction of sp³-hybridized carbons (Fsp3) is 0.400. The lowest BCUT2D eigenvalue weighted by atomic mass is 10.0. The van der Waals surface area contributed by atoms with Gasteiger partial charge in [0.2, 0.25) is 0 Å². The number of aromatic nitrogens is 2. The van der Waals surface area contributed by atoms with E-state index in [1.807, 2.05) is 36.0 Å². The predicted octanol–water partition coefficient (Wildman–Crippen LogP) is 2.20. The maximum absolute atomic E-state index is 10.5. The Hall–Kier alpha value is -2.01. The van der Waals surface area contributed by atoms with Crippen molar-refractivity contribution in [2.24, 2.45) is 0 Å². The van der Waals surface area contributed by atoms with Gasteiger partial charge in [-0.1, -0.05) is 6.07 Å². The molecule has 0 saturated heterocycles. The molecule has 2 rings (SSSR count). The minimum atomic E-state index is -0.699. The number of rotatable bonds is 6. The van der Waals surface area contributed by atoms with Gasteiger partial charge in [0.05, 0.1) is 32.1 Å². The Balaban J connectivity index is 2.25. The maximum Gasteiger partial charge on any atom is 0.128 e. The zero-order valence-corrected chi connectivity index (χ0v) is 12.0. The molecule has 0 bridgehead atoms. The highest BCUT2D eigenvalue weighted by Crippen LogP contribution is 2.35. The second-order valence-corrected chi connectivity index (χ2v) is 4.50. The molecule has 1 heterocycles. The van der Waals surface area contributed by atoms with Crippen molar-refractivity contribution in [1.29, 1.82) is 0 Å². The first kappa shape index (κ1) is 14.4. The minimum absolute atomic E-state index is 0.469. The normalized spacial score (nSPS) is 12.2. The lowest BCUT2D eigenvalue weighted by molar-refractivity contribution is 0.169. The molecular formula is C15H20N2O3. The van der Waals surface area contributed by atoms with E-state index in [-0.39, 0.29) is 0 Å². The molecule has 108 valence electrons. The van der Waals surface area contributed by atoms with E-state index in [2.05, 4.69) is 5.10 Å². The Morgan fingerprint density at radius 3 is 2.40 bits per heavy atom. The van der Waals surface area contributed by atoms with Gasteiger partial charge in [-0.15, -0.1) is 0 Å². The number of methoxy groups -OCH3 is 2. The molecule has 5 nitrogen and oxygen atoms in total. The Kier molecular flexibility index (Phi) is 4.63. The quantitative estimate of drug-likeness (QED) is 0.878. The van der Waals surface area contributed by atoms with Crippen LogP contribution in [0.2, 0.25) is 0 Å². The highest BCUT2D eigenvalue weighted by molar-refractivity contribution is 5.46. The van der Waals surface area contributed by atoms with Crippen molar-refractivity contribution in [3.63, 3.8) is 0 Å². The van der Waals surface area contributed by atoms with Crippen molar-refractivity contribution in [2.45, 2.75) is 26.0 Å². The summed E-state index contributed by atoms with van der Waals surface area (Å²) in [5, 5.41) is 14.7. The number of nitrogens with zero attached hydrogens (tertiary/aromatic N) is 2. The average Bonchev–Trinajstić information content (AvgIpc) is 2.93. The summed E-state index contributed by atoms with van der Waals surface area (Å²) in [5.74, 6) is 1.25. The Morgan fingerprint density at radius 2 is 1.90 bits per heavy atom. The van der Waals surface area contributed by atoms with Gasteiger partial charge in [-0.3, -0.25) is 4.68 Å². The number of ether oxygens (including phenoxy) is 2. The van der Waals surface area contributed by atoms with Crippen LogP contribution >= 0.6 is 0 Å². The molecule has 2 aromatic rings. The fourth-order valence-electron chi connectivity index (χ4n) is 2.22. The van der Waals surface area contributed by atoms with Gasteiger partial charge in [0.1, 0.15) is 11.5 Å². The molecule has 1 atom stereocenters. The van der Waals surface area contributed by atoms with Crippen molar-refractivity contribution in [3.05, 3.63) is 41.7 Å². The van der Waals surface area contributed by atoms with E-state index < -0.39 is 6.10 Å². The lowest BCUT2D eigenvalue weighted by Gasteiger charge is -2.17. The summed E-state index contributed by atoms with van der Waals surface area (Å²) >= 11 is 0. The number of aliphatic hydroxyl groups is 1. The largest absolute Gasteiger partial charge is 0.496 e. The standard InChI is InChI=1S/C15H20N2O3/c1-4-17-10-11(9-16-17)8-12(18)15-13(19-2)6-5-7-14(15)20-3/h5-7,9-10,12,18H,4,8H2,1-3H3. The van der Waals surface area contributed by atoms with Crippen LogP contribution in [0.5, 0.6) is 11.5 Å². The van der Waals surface area contributed by atoms with E-state index in [1.165, 1.54) is 0 Å². The smallest absolute Gasteiger partial charge is 0.128 e. The van der Waals surface area contributed by atoms with E-state index in [4.69, 9.17) is 9.47 Å². The molecule has 0 fully saturated rings. The molecule has 1 aromatic carbocycles. The summed E-state index contributed by atoms with van der Waals surface area (Å²) in [6, 6.07) is 5.47. The van der Waals surface area contributed by atoms with Crippen molar-refractivity contribution >= 4 is 0 Å². The molecule has 0 saturated carbocycles. The maximum atomic E-state index is 10.5. The molecule has 1 unspecified atom stereocenters. The van der Waals surface area contributed by atoms with Gasteiger partial charge >= 0.3 is 0 Å². The molecule has 0 aliphatic heterocycles. The van der Waals surface area contributed by atoms with Crippen LogP contribution in [0.1, 0.15) is 24.2 Å². The topological polar surface area (TPSA) is 56.5 Å². The third-order valence-electron chi connectivity index (χ3n) is 3.24. The van der Waals surface area contributed by atoms with Gasteiger partial charge < -0.3 is 14.6 Å². The molecule has 1 aromatic heterocycles. The second kappa shape index (κ2) is 6.43.